The Labute approximate surface area is 207 Å². The van der Waals surface area contributed by atoms with Crippen LogP contribution in [0.1, 0.15) is 53.0 Å². The fourth-order valence-electron chi connectivity index (χ4n) is 4.00. The third kappa shape index (κ3) is 6.30. The number of hydrogen-bond donors (Lipinski definition) is 3. The second kappa shape index (κ2) is 11.5. The minimum absolute atomic E-state index is 0.0309. The van der Waals surface area contributed by atoms with E-state index in [1.54, 1.807) is 0 Å². The third-order valence-corrected chi connectivity index (χ3v) is 5.84. The van der Waals surface area contributed by atoms with Gasteiger partial charge < -0.3 is 10.4 Å². The van der Waals surface area contributed by atoms with Gasteiger partial charge in [0, 0.05) is 25.2 Å². The van der Waals surface area contributed by atoms with E-state index in [9.17, 15) is 34.4 Å². The molecule has 3 amide bonds. The smallest absolute Gasteiger partial charge is 0.320 e. The monoisotopic (exact) mass is 496 g/mol. The van der Waals surface area contributed by atoms with Crippen LogP contribution in [0, 0.1) is 16.0 Å². The molecule has 36 heavy (non-hydrogen) atoms. The lowest BCUT2D eigenvalue weighted by molar-refractivity contribution is -0.384. The van der Waals surface area contributed by atoms with Gasteiger partial charge in [0.15, 0.2) is 0 Å². The SMILES string of the molecule is CC(C)C[C@H](N[C@H](CCN1C(=O)c2ccc([N+](=O)[O-])cc2C1=O)C(=O)O)C(=O)NCc1ccccc1. The van der Waals surface area contributed by atoms with Crippen LogP contribution in [0.15, 0.2) is 48.5 Å². The highest BCUT2D eigenvalue weighted by Crippen LogP contribution is 2.27. The molecule has 0 unspecified atom stereocenters. The van der Waals surface area contributed by atoms with Gasteiger partial charge in [-0.25, -0.2) is 0 Å². The summed E-state index contributed by atoms with van der Waals surface area (Å²) < 4.78 is 0. The first-order valence-electron chi connectivity index (χ1n) is 11.5. The number of carbonyl (C=O) groups excluding carboxylic acids is 3. The number of carbonyl (C=O) groups is 4. The fraction of sp³-hybridized carbons (Fsp3) is 0.360. The molecular formula is C25H28N4O7. The summed E-state index contributed by atoms with van der Waals surface area (Å²) in [5, 5.41) is 26.5. The van der Waals surface area contributed by atoms with E-state index in [2.05, 4.69) is 10.6 Å². The maximum absolute atomic E-state index is 12.9. The Morgan fingerprint density at radius 3 is 2.31 bits per heavy atom. The van der Waals surface area contributed by atoms with E-state index in [4.69, 9.17) is 0 Å². The summed E-state index contributed by atoms with van der Waals surface area (Å²) in [6.45, 7) is 3.87. The molecule has 0 saturated carbocycles. The molecular weight excluding hydrogens is 468 g/mol. The zero-order valence-corrected chi connectivity index (χ0v) is 20.0. The van der Waals surface area contributed by atoms with Gasteiger partial charge in [0.05, 0.1) is 22.1 Å². The van der Waals surface area contributed by atoms with Crippen molar-refractivity contribution in [3.05, 3.63) is 75.3 Å². The molecule has 0 fully saturated rings. The van der Waals surface area contributed by atoms with Crippen molar-refractivity contribution in [3.8, 4) is 0 Å². The van der Waals surface area contributed by atoms with Crippen LogP contribution in [0.4, 0.5) is 5.69 Å². The molecule has 2 aromatic rings. The molecule has 2 aromatic carbocycles. The lowest BCUT2D eigenvalue weighted by atomic mass is 10.0. The van der Waals surface area contributed by atoms with E-state index < -0.39 is 34.8 Å². The van der Waals surface area contributed by atoms with Gasteiger partial charge in [0.1, 0.15) is 6.04 Å². The van der Waals surface area contributed by atoms with Gasteiger partial charge in [0.25, 0.3) is 17.5 Å². The molecule has 0 aromatic heterocycles. The predicted molar refractivity (Wildman–Crippen MR) is 129 cm³/mol. The number of nitrogens with zero attached hydrogens (tertiary/aromatic N) is 2. The van der Waals surface area contributed by atoms with Gasteiger partial charge >= 0.3 is 5.97 Å². The molecule has 11 nitrogen and oxygen atoms in total. The highest BCUT2D eigenvalue weighted by molar-refractivity contribution is 6.21. The van der Waals surface area contributed by atoms with Gasteiger partial charge in [-0.2, -0.15) is 0 Å². The largest absolute Gasteiger partial charge is 0.480 e. The zero-order chi connectivity index (χ0) is 26.4. The maximum atomic E-state index is 12.9. The summed E-state index contributed by atoms with van der Waals surface area (Å²) in [5.74, 6) is -2.86. The van der Waals surface area contributed by atoms with Crippen molar-refractivity contribution in [2.75, 3.05) is 6.54 Å². The van der Waals surface area contributed by atoms with E-state index in [1.807, 2.05) is 44.2 Å². The first kappa shape index (κ1) is 26.5. The molecule has 0 bridgehead atoms. The van der Waals surface area contributed by atoms with Crippen molar-refractivity contribution in [1.82, 2.24) is 15.5 Å². The average Bonchev–Trinajstić information content (AvgIpc) is 3.08. The first-order chi connectivity index (χ1) is 17.1. The average molecular weight is 497 g/mol. The lowest BCUT2D eigenvalue weighted by Gasteiger charge is -2.25. The number of carboxylic acid groups (broad SMARTS) is 1. The highest BCUT2D eigenvalue weighted by Gasteiger charge is 2.37. The van der Waals surface area contributed by atoms with Crippen LogP contribution in [0.3, 0.4) is 0 Å². The second-order valence-corrected chi connectivity index (χ2v) is 8.98. The molecule has 1 aliphatic heterocycles. The normalized spacial score (nSPS) is 14.5. The molecule has 11 heteroatoms. The van der Waals surface area contributed by atoms with Crippen LogP contribution in [0.5, 0.6) is 0 Å². The maximum Gasteiger partial charge on any atom is 0.320 e. The summed E-state index contributed by atoms with van der Waals surface area (Å²) >= 11 is 0. The number of fused-ring (bicyclic) bond motifs is 1. The van der Waals surface area contributed by atoms with Gasteiger partial charge in [0.2, 0.25) is 5.91 Å². The number of imide groups is 1. The minimum atomic E-state index is -1.23. The quantitative estimate of drug-likeness (QED) is 0.229. The summed E-state index contributed by atoms with van der Waals surface area (Å²) in [6.07, 6.45) is 0.227. The number of benzene rings is 2. The van der Waals surface area contributed by atoms with E-state index in [0.717, 1.165) is 22.6 Å². The lowest BCUT2D eigenvalue weighted by Crippen LogP contribution is -2.52. The van der Waals surface area contributed by atoms with Gasteiger partial charge in [-0.1, -0.05) is 44.2 Å². The van der Waals surface area contributed by atoms with E-state index in [-0.39, 0.29) is 48.1 Å². The molecule has 0 aliphatic carbocycles. The van der Waals surface area contributed by atoms with Crippen LogP contribution in [0.25, 0.3) is 0 Å². The van der Waals surface area contributed by atoms with Crippen molar-refractivity contribution in [1.29, 1.82) is 0 Å². The number of rotatable bonds is 12. The molecule has 1 aliphatic rings. The molecule has 3 N–H and O–H groups in total. The number of nitro groups is 1. The van der Waals surface area contributed by atoms with Crippen molar-refractivity contribution in [2.45, 2.75) is 45.3 Å². The van der Waals surface area contributed by atoms with Crippen LogP contribution in [-0.2, 0) is 16.1 Å². The molecule has 190 valence electrons. The summed E-state index contributed by atoms with van der Waals surface area (Å²) in [6, 6.07) is 10.7. The van der Waals surface area contributed by atoms with E-state index in [0.29, 0.717) is 6.42 Å². The number of non-ortho nitro benzene ring substituents is 1. The third-order valence-electron chi connectivity index (χ3n) is 5.84. The Morgan fingerprint density at radius 2 is 1.69 bits per heavy atom. The van der Waals surface area contributed by atoms with Gasteiger partial charge in [-0.05, 0) is 30.4 Å². The molecule has 0 saturated heterocycles. The number of nitro benzene ring substituents is 1. The summed E-state index contributed by atoms with van der Waals surface area (Å²) in [4.78, 5) is 61.4. The Balaban J connectivity index is 1.67. The standard InChI is InChI=1S/C25H28N4O7/c1-15(2)12-21(22(30)26-14-16-6-4-3-5-7-16)27-20(25(33)34)10-11-28-23(31)18-9-8-17(29(35)36)13-19(18)24(28)32/h3-9,13,15,20-21,27H,10-12,14H2,1-2H3,(H,26,30)(H,33,34)/t20-,21+/m1/s1. The number of carboxylic acids is 1. The fourth-order valence-corrected chi connectivity index (χ4v) is 4.00. The Hall–Kier alpha value is -4.12. The minimum Gasteiger partial charge on any atom is -0.480 e. The van der Waals surface area contributed by atoms with Crippen LogP contribution in [0.2, 0.25) is 0 Å². The predicted octanol–water partition coefficient (Wildman–Crippen LogP) is 2.35. The van der Waals surface area contributed by atoms with E-state index in [1.165, 1.54) is 6.07 Å². The summed E-state index contributed by atoms with van der Waals surface area (Å²) in [7, 11) is 0. The van der Waals surface area contributed by atoms with Crippen molar-refractivity contribution in [3.63, 3.8) is 0 Å². The van der Waals surface area contributed by atoms with Crippen LogP contribution < -0.4 is 10.6 Å². The van der Waals surface area contributed by atoms with Crippen molar-refractivity contribution in [2.24, 2.45) is 5.92 Å². The molecule has 3 rings (SSSR count). The van der Waals surface area contributed by atoms with Crippen molar-refractivity contribution >= 4 is 29.4 Å². The molecule has 0 radical (unpaired) electrons. The Bertz CT molecular complexity index is 1170. The highest BCUT2D eigenvalue weighted by atomic mass is 16.6. The molecule has 2 atom stereocenters. The number of hydrogen-bond acceptors (Lipinski definition) is 7. The molecule has 1 heterocycles. The number of nitrogens with one attached hydrogen (secondary N) is 2. The van der Waals surface area contributed by atoms with Gasteiger partial charge in [-0.3, -0.25) is 39.5 Å². The first-order valence-corrected chi connectivity index (χ1v) is 11.5. The van der Waals surface area contributed by atoms with E-state index >= 15 is 0 Å². The number of amides is 3. The number of aliphatic carboxylic acids is 1. The Morgan fingerprint density at radius 1 is 1.03 bits per heavy atom. The van der Waals surface area contributed by atoms with Crippen LogP contribution in [-0.4, -0.2) is 57.2 Å². The summed E-state index contributed by atoms with van der Waals surface area (Å²) in [5.41, 5.74) is 0.519. The second-order valence-electron chi connectivity index (χ2n) is 8.98. The Kier molecular flexibility index (Phi) is 8.49. The zero-order valence-electron chi connectivity index (χ0n) is 20.0. The van der Waals surface area contributed by atoms with Gasteiger partial charge in [-0.15, -0.1) is 0 Å². The molecule has 0 spiro atoms. The van der Waals surface area contributed by atoms with Crippen molar-refractivity contribution < 1.29 is 29.2 Å². The topological polar surface area (TPSA) is 159 Å². The van der Waals surface area contributed by atoms with Crippen LogP contribution >= 0.6 is 0 Å².